The van der Waals surface area contributed by atoms with E-state index in [0.717, 1.165) is 32.1 Å². The predicted molar refractivity (Wildman–Crippen MR) is 369 cm³/mol. The maximum absolute atomic E-state index is 12.6. The van der Waals surface area contributed by atoms with Gasteiger partial charge in [-0.25, -0.2) is 0 Å². The first-order valence-corrected chi connectivity index (χ1v) is 38.2. The second-order valence-corrected chi connectivity index (χ2v) is 26.4. The van der Waals surface area contributed by atoms with Gasteiger partial charge in [0.1, 0.15) is 0 Å². The SMILES string of the molecule is CCCCCCC/C=C\C/C=C\CCCCCCCCCCCCCCCCCCCCCCCCCCCCCC(=O)NC(CO)C(O)/C=C/CCCCCCCCCCCCCCCCCCCCCCCCCCCCCCC. The molecule has 0 aromatic heterocycles. The van der Waals surface area contributed by atoms with Crippen LogP contribution in [0.5, 0.6) is 0 Å². The molecule has 0 fully saturated rings. The summed E-state index contributed by atoms with van der Waals surface area (Å²) in [7, 11) is 0. The van der Waals surface area contributed by atoms with Crippen LogP contribution < -0.4 is 5.32 Å². The average Bonchev–Trinajstić information content (AvgIpc) is 3.50. The van der Waals surface area contributed by atoms with Gasteiger partial charge in [0.05, 0.1) is 18.8 Å². The van der Waals surface area contributed by atoms with Gasteiger partial charge in [0.2, 0.25) is 5.91 Å². The van der Waals surface area contributed by atoms with Crippen molar-refractivity contribution in [3.8, 4) is 0 Å². The van der Waals surface area contributed by atoms with Gasteiger partial charge in [-0.1, -0.05) is 416 Å². The minimum absolute atomic E-state index is 0.0538. The van der Waals surface area contributed by atoms with E-state index in [1.54, 1.807) is 6.08 Å². The monoisotopic (exact) mass is 1150 g/mol. The third kappa shape index (κ3) is 69.4. The van der Waals surface area contributed by atoms with E-state index in [0.29, 0.717) is 6.42 Å². The number of amides is 1. The molecule has 4 nitrogen and oxygen atoms in total. The molecule has 0 heterocycles. The number of allylic oxidation sites excluding steroid dienone is 5. The Morgan fingerprint density at radius 2 is 0.500 bits per heavy atom. The largest absolute Gasteiger partial charge is 0.394 e. The first-order chi connectivity index (χ1) is 40.7. The topological polar surface area (TPSA) is 69.6 Å². The van der Waals surface area contributed by atoms with Gasteiger partial charge in [-0.05, 0) is 51.4 Å². The highest BCUT2D eigenvalue weighted by Crippen LogP contribution is 2.20. The molecule has 2 unspecified atom stereocenters. The van der Waals surface area contributed by atoms with Crippen LogP contribution in [0, 0.1) is 0 Å². The Labute approximate surface area is 516 Å². The number of aliphatic hydroxyl groups excluding tert-OH is 2. The van der Waals surface area contributed by atoms with Gasteiger partial charge in [-0.15, -0.1) is 0 Å². The molecular formula is C78H151NO3. The van der Waals surface area contributed by atoms with E-state index in [1.807, 2.05) is 6.08 Å². The quantitative estimate of drug-likeness (QED) is 0.0420. The van der Waals surface area contributed by atoms with Gasteiger partial charge < -0.3 is 15.5 Å². The van der Waals surface area contributed by atoms with Crippen LogP contribution in [-0.4, -0.2) is 34.9 Å². The van der Waals surface area contributed by atoms with Crippen molar-refractivity contribution < 1.29 is 15.0 Å². The van der Waals surface area contributed by atoms with Crippen LogP contribution in [0.1, 0.15) is 438 Å². The average molecular weight is 1150 g/mol. The van der Waals surface area contributed by atoms with Gasteiger partial charge in [-0.3, -0.25) is 4.79 Å². The van der Waals surface area contributed by atoms with Crippen LogP contribution in [0.4, 0.5) is 0 Å². The van der Waals surface area contributed by atoms with E-state index >= 15 is 0 Å². The number of hydrogen-bond acceptors (Lipinski definition) is 3. The Balaban J connectivity index is 3.38. The third-order valence-electron chi connectivity index (χ3n) is 18.1. The Kier molecular flexibility index (Phi) is 72.6. The number of carbonyl (C=O) groups excluding carboxylic acids is 1. The van der Waals surface area contributed by atoms with E-state index in [-0.39, 0.29) is 12.5 Å². The summed E-state index contributed by atoms with van der Waals surface area (Å²) in [6, 6.07) is -0.622. The van der Waals surface area contributed by atoms with Crippen molar-refractivity contribution in [2.75, 3.05) is 6.61 Å². The van der Waals surface area contributed by atoms with Crippen LogP contribution in [0.2, 0.25) is 0 Å². The minimum atomic E-state index is -0.839. The summed E-state index contributed by atoms with van der Waals surface area (Å²) in [6.45, 7) is 4.35. The van der Waals surface area contributed by atoms with Gasteiger partial charge in [-0.2, -0.15) is 0 Å². The minimum Gasteiger partial charge on any atom is -0.394 e. The fourth-order valence-corrected chi connectivity index (χ4v) is 12.3. The molecule has 0 saturated carbocycles. The molecule has 0 aliphatic rings. The number of hydrogen-bond donors (Lipinski definition) is 3. The molecule has 0 saturated heterocycles. The summed E-state index contributed by atoms with van der Waals surface area (Å²) < 4.78 is 0. The lowest BCUT2D eigenvalue weighted by Crippen LogP contribution is -2.45. The highest BCUT2D eigenvalue weighted by Gasteiger charge is 2.18. The second-order valence-electron chi connectivity index (χ2n) is 26.4. The van der Waals surface area contributed by atoms with E-state index in [4.69, 9.17) is 0 Å². The highest BCUT2D eigenvalue weighted by atomic mass is 16.3. The van der Waals surface area contributed by atoms with Gasteiger partial charge in [0.15, 0.2) is 0 Å². The Morgan fingerprint density at radius 3 is 0.732 bits per heavy atom. The highest BCUT2D eigenvalue weighted by molar-refractivity contribution is 5.76. The number of nitrogens with one attached hydrogen (secondary N) is 1. The van der Waals surface area contributed by atoms with Crippen LogP contribution in [-0.2, 0) is 4.79 Å². The molecule has 0 bridgehead atoms. The Morgan fingerprint density at radius 1 is 0.293 bits per heavy atom. The molecule has 0 aromatic rings. The Hall–Kier alpha value is -1.39. The molecule has 0 radical (unpaired) electrons. The van der Waals surface area contributed by atoms with E-state index < -0.39 is 12.1 Å². The van der Waals surface area contributed by atoms with E-state index in [1.165, 1.54) is 385 Å². The van der Waals surface area contributed by atoms with Crippen LogP contribution >= 0.6 is 0 Å². The third-order valence-corrected chi connectivity index (χ3v) is 18.1. The molecule has 0 aliphatic carbocycles. The molecule has 0 spiro atoms. The van der Waals surface area contributed by atoms with Crippen molar-refractivity contribution in [3.05, 3.63) is 36.5 Å². The summed E-state index contributed by atoms with van der Waals surface area (Å²) in [5.74, 6) is -0.0538. The van der Waals surface area contributed by atoms with Crippen LogP contribution in [0.3, 0.4) is 0 Å². The van der Waals surface area contributed by atoms with E-state index in [9.17, 15) is 15.0 Å². The van der Waals surface area contributed by atoms with Crippen molar-refractivity contribution in [2.45, 2.75) is 450 Å². The zero-order chi connectivity index (χ0) is 59.1. The molecule has 4 heteroatoms. The molecule has 486 valence electrons. The van der Waals surface area contributed by atoms with Crippen molar-refractivity contribution in [1.29, 1.82) is 0 Å². The molecular weight excluding hydrogens is 999 g/mol. The van der Waals surface area contributed by atoms with Crippen LogP contribution in [0.25, 0.3) is 0 Å². The standard InChI is InChI=1S/C78H151NO3/c1-3-5-7-9-11-13-15-17-19-21-23-25-27-29-31-33-35-36-37-38-39-40-41-42-44-46-48-50-52-54-56-58-60-62-64-66-68-70-72-74-78(82)79-76(75-80)77(81)73-71-69-67-65-63-61-59-57-55-53-51-49-47-45-43-34-32-30-28-26-24-22-20-18-16-14-12-10-8-6-4-2/h15,17,21,23,71,73,76-77,80-81H,3-14,16,18-20,22,24-70,72,74-75H2,1-2H3,(H,79,82)/b17-15-,23-21-,73-71+. The summed E-state index contributed by atoms with van der Waals surface area (Å²) >= 11 is 0. The maximum Gasteiger partial charge on any atom is 0.220 e. The number of rotatable bonds is 72. The molecule has 2 atom stereocenters. The van der Waals surface area contributed by atoms with E-state index in [2.05, 4.69) is 43.5 Å². The molecule has 82 heavy (non-hydrogen) atoms. The summed E-state index contributed by atoms with van der Waals surface area (Å²) in [5, 5.41) is 23.3. The van der Waals surface area contributed by atoms with Crippen molar-refractivity contribution >= 4 is 5.91 Å². The lowest BCUT2D eigenvalue weighted by atomic mass is 10.0. The molecule has 3 N–H and O–H groups in total. The summed E-state index contributed by atoms with van der Waals surface area (Å²) in [5.41, 5.74) is 0. The maximum atomic E-state index is 12.6. The lowest BCUT2D eigenvalue weighted by Gasteiger charge is -2.20. The predicted octanol–water partition coefficient (Wildman–Crippen LogP) is 26.3. The zero-order valence-corrected chi connectivity index (χ0v) is 56.3. The smallest absolute Gasteiger partial charge is 0.220 e. The van der Waals surface area contributed by atoms with Crippen molar-refractivity contribution in [2.24, 2.45) is 0 Å². The fraction of sp³-hybridized carbons (Fsp3) is 0.910. The number of unbranched alkanes of at least 4 members (excludes halogenated alkanes) is 61. The first kappa shape index (κ1) is 80.6. The van der Waals surface area contributed by atoms with Gasteiger partial charge in [0.25, 0.3) is 0 Å². The molecule has 1 amide bonds. The fourth-order valence-electron chi connectivity index (χ4n) is 12.3. The number of aliphatic hydroxyl groups is 2. The molecule has 0 aromatic carbocycles. The van der Waals surface area contributed by atoms with Gasteiger partial charge >= 0.3 is 0 Å². The van der Waals surface area contributed by atoms with Gasteiger partial charge in [0, 0.05) is 6.42 Å². The molecule has 0 aliphatic heterocycles. The van der Waals surface area contributed by atoms with Crippen molar-refractivity contribution in [3.63, 3.8) is 0 Å². The van der Waals surface area contributed by atoms with Crippen LogP contribution in [0.15, 0.2) is 36.5 Å². The molecule has 0 rings (SSSR count). The normalized spacial score (nSPS) is 12.8. The zero-order valence-electron chi connectivity index (χ0n) is 56.3. The number of carbonyl (C=O) groups is 1. The second kappa shape index (κ2) is 73.9. The summed E-state index contributed by atoms with van der Waals surface area (Å²) in [4.78, 5) is 12.6. The Bertz CT molecular complexity index is 1260. The summed E-state index contributed by atoms with van der Waals surface area (Å²) in [6.07, 6.45) is 103. The van der Waals surface area contributed by atoms with Crippen molar-refractivity contribution in [1.82, 2.24) is 5.32 Å². The lowest BCUT2D eigenvalue weighted by molar-refractivity contribution is -0.123. The first-order valence-electron chi connectivity index (χ1n) is 38.2.